The maximum absolute atomic E-state index is 10.4. The molecular formula is C10H18N2O. The standard InChI is InChI=1S/C10H18N2O/c11-10(13)12-8-7-9-5-3-1-2-4-6-9/h5H,1-4,6-8H2,(H3,11,12,13). The summed E-state index contributed by atoms with van der Waals surface area (Å²) < 4.78 is 0. The summed E-state index contributed by atoms with van der Waals surface area (Å²) in [7, 11) is 0. The Morgan fingerprint density at radius 1 is 1.46 bits per heavy atom. The molecule has 0 aromatic heterocycles. The Morgan fingerprint density at radius 2 is 2.31 bits per heavy atom. The fourth-order valence-electron chi connectivity index (χ4n) is 1.65. The highest BCUT2D eigenvalue weighted by atomic mass is 16.2. The summed E-state index contributed by atoms with van der Waals surface area (Å²) in [6.07, 6.45) is 9.61. The molecule has 0 spiro atoms. The Hall–Kier alpha value is -0.990. The van der Waals surface area contributed by atoms with E-state index in [-0.39, 0.29) is 0 Å². The van der Waals surface area contributed by atoms with Gasteiger partial charge in [0, 0.05) is 6.54 Å². The van der Waals surface area contributed by atoms with E-state index in [1.807, 2.05) is 0 Å². The van der Waals surface area contributed by atoms with Crippen molar-refractivity contribution in [2.45, 2.75) is 38.5 Å². The maximum Gasteiger partial charge on any atom is 0.312 e. The zero-order chi connectivity index (χ0) is 9.52. The Kier molecular flexibility index (Phi) is 4.36. The van der Waals surface area contributed by atoms with Crippen molar-refractivity contribution in [3.8, 4) is 0 Å². The van der Waals surface area contributed by atoms with Gasteiger partial charge in [0.15, 0.2) is 0 Å². The third kappa shape index (κ3) is 4.55. The third-order valence-electron chi connectivity index (χ3n) is 2.38. The van der Waals surface area contributed by atoms with Crippen molar-refractivity contribution in [2.24, 2.45) is 5.73 Å². The van der Waals surface area contributed by atoms with Crippen molar-refractivity contribution in [3.05, 3.63) is 11.6 Å². The van der Waals surface area contributed by atoms with Gasteiger partial charge in [-0.05, 0) is 32.1 Å². The highest BCUT2D eigenvalue weighted by Crippen LogP contribution is 2.18. The number of urea groups is 1. The molecule has 3 heteroatoms. The number of carbonyl (C=O) groups is 1. The molecule has 0 atom stereocenters. The molecule has 0 bridgehead atoms. The van der Waals surface area contributed by atoms with Crippen LogP contribution in [0.3, 0.4) is 0 Å². The second-order valence-electron chi connectivity index (χ2n) is 3.50. The maximum atomic E-state index is 10.4. The molecular weight excluding hydrogens is 164 g/mol. The summed E-state index contributed by atoms with van der Waals surface area (Å²) >= 11 is 0. The highest BCUT2D eigenvalue weighted by Gasteiger charge is 2.02. The number of rotatable bonds is 3. The minimum Gasteiger partial charge on any atom is -0.352 e. The minimum absolute atomic E-state index is 0.422. The van der Waals surface area contributed by atoms with Gasteiger partial charge in [0.05, 0.1) is 0 Å². The molecule has 0 aliphatic heterocycles. The molecule has 0 unspecified atom stereocenters. The van der Waals surface area contributed by atoms with Crippen LogP contribution in [0, 0.1) is 0 Å². The van der Waals surface area contributed by atoms with Crippen molar-refractivity contribution in [1.29, 1.82) is 0 Å². The van der Waals surface area contributed by atoms with Crippen LogP contribution in [0.2, 0.25) is 0 Å². The van der Waals surface area contributed by atoms with Gasteiger partial charge in [0.2, 0.25) is 0 Å². The average molecular weight is 182 g/mol. The highest BCUT2D eigenvalue weighted by molar-refractivity contribution is 5.71. The molecule has 3 N–H and O–H groups in total. The molecule has 1 aliphatic rings. The van der Waals surface area contributed by atoms with Crippen LogP contribution in [0.1, 0.15) is 38.5 Å². The number of primary amides is 1. The van der Waals surface area contributed by atoms with Gasteiger partial charge in [-0.3, -0.25) is 0 Å². The van der Waals surface area contributed by atoms with E-state index >= 15 is 0 Å². The number of hydrogen-bond acceptors (Lipinski definition) is 1. The van der Waals surface area contributed by atoms with Gasteiger partial charge in [-0.15, -0.1) is 0 Å². The van der Waals surface area contributed by atoms with E-state index in [0.29, 0.717) is 6.54 Å². The molecule has 0 heterocycles. The summed E-state index contributed by atoms with van der Waals surface area (Å²) in [6.45, 7) is 0.682. The van der Waals surface area contributed by atoms with Gasteiger partial charge >= 0.3 is 6.03 Å². The lowest BCUT2D eigenvalue weighted by Crippen LogP contribution is -2.30. The van der Waals surface area contributed by atoms with Gasteiger partial charge in [-0.25, -0.2) is 4.79 Å². The SMILES string of the molecule is NC(=O)NCCC1=CCCCCC1. The molecule has 0 aromatic carbocycles. The van der Waals surface area contributed by atoms with Crippen molar-refractivity contribution < 1.29 is 4.79 Å². The molecule has 13 heavy (non-hydrogen) atoms. The largest absolute Gasteiger partial charge is 0.352 e. The summed E-state index contributed by atoms with van der Waals surface area (Å²) in [6, 6.07) is -0.422. The van der Waals surface area contributed by atoms with Gasteiger partial charge in [0.1, 0.15) is 0 Å². The van der Waals surface area contributed by atoms with Crippen LogP contribution in [-0.2, 0) is 0 Å². The molecule has 0 saturated heterocycles. The molecule has 0 radical (unpaired) electrons. The summed E-state index contributed by atoms with van der Waals surface area (Å²) in [5.74, 6) is 0. The van der Waals surface area contributed by atoms with E-state index in [4.69, 9.17) is 5.73 Å². The van der Waals surface area contributed by atoms with Gasteiger partial charge in [0.25, 0.3) is 0 Å². The number of carbonyl (C=O) groups excluding carboxylic acids is 1. The van der Waals surface area contributed by atoms with E-state index in [1.54, 1.807) is 0 Å². The molecule has 74 valence electrons. The fraction of sp³-hybridized carbons (Fsp3) is 0.700. The Morgan fingerprint density at radius 3 is 3.08 bits per heavy atom. The smallest absolute Gasteiger partial charge is 0.312 e. The third-order valence-corrected chi connectivity index (χ3v) is 2.38. The van der Waals surface area contributed by atoms with Crippen LogP contribution in [0.5, 0.6) is 0 Å². The van der Waals surface area contributed by atoms with Crippen molar-refractivity contribution >= 4 is 6.03 Å². The first-order valence-corrected chi connectivity index (χ1v) is 5.00. The number of nitrogens with one attached hydrogen (secondary N) is 1. The molecule has 0 aromatic rings. The van der Waals surface area contributed by atoms with E-state index in [2.05, 4.69) is 11.4 Å². The lowest BCUT2D eigenvalue weighted by molar-refractivity contribution is 0.249. The Bertz CT molecular complexity index is 199. The predicted octanol–water partition coefficient (Wildman–Crippen LogP) is 1.94. The zero-order valence-corrected chi connectivity index (χ0v) is 8.01. The number of allylic oxidation sites excluding steroid dienone is 1. The quantitative estimate of drug-likeness (QED) is 0.644. The number of hydrogen-bond donors (Lipinski definition) is 2. The Labute approximate surface area is 79.4 Å². The van der Waals surface area contributed by atoms with Crippen molar-refractivity contribution in [3.63, 3.8) is 0 Å². The summed E-state index contributed by atoms with van der Waals surface area (Å²) in [5.41, 5.74) is 6.45. The Balaban J connectivity index is 2.18. The van der Waals surface area contributed by atoms with E-state index < -0.39 is 6.03 Å². The van der Waals surface area contributed by atoms with Gasteiger partial charge in [-0.2, -0.15) is 0 Å². The van der Waals surface area contributed by atoms with Gasteiger partial charge < -0.3 is 11.1 Å². The second kappa shape index (κ2) is 5.62. The zero-order valence-electron chi connectivity index (χ0n) is 8.01. The van der Waals surface area contributed by atoms with Crippen molar-refractivity contribution in [2.75, 3.05) is 6.54 Å². The van der Waals surface area contributed by atoms with E-state index in [1.165, 1.54) is 37.7 Å². The van der Waals surface area contributed by atoms with E-state index in [9.17, 15) is 4.79 Å². The van der Waals surface area contributed by atoms with Crippen LogP contribution in [0.15, 0.2) is 11.6 Å². The predicted molar refractivity (Wildman–Crippen MR) is 53.4 cm³/mol. The minimum atomic E-state index is -0.422. The van der Waals surface area contributed by atoms with Crippen LogP contribution >= 0.6 is 0 Å². The first-order valence-electron chi connectivity index (χ1n) is 5.00. The van der Waals surface area contributed by atoms with Crippen LogP contribution in [-0.4, -0.2) is 12.6 Å². The second-order valence-corrected chi connectivity index (χ2v) is 3.50. The molecule has 1 rings (SSSR count). The first-order chi connectivity index (χ1) is 6.29. The number of amides is 2. The van der Waals surface area contributed by atoms with Crippen LogP contribution in [0.25, 0.3) is 0 Å². The summed E-state index contributed by atoms with van der Waals surface area (Å²) in [4.78, 5) is 10.4. The van der Waals surface area contributed by atoms with Crippen molar-refractivity contribution in [1.82, 2.24) is 5.32 Å². The topological polar surface area (TPSA) is 55.1 Å². The molecule has 3 nitrogen and oxygen atoms in total. The van der Waals surface area contributed by atoms with E-state index in [0.717, 1.165) is 6.42 Å². The molecule has 0 fully saturated rings. The summed E-state index contributed by atoms with van der Waals surface area (Å²) in [5, 5.41) is 2.61. The number of nitrogens with two attached hydrogens (primary N) is 1. The lowest BCUT2D eigenvalue weighted by Gasteiger charge is -2.04. The molecule has 0 saturated carbocycles. The van der Waals surface area contributed by atoms with Gasteiger partial charge in [-0.1, -0.05) is 18.1 Å². The molecule has 1 aliphatic carbocycles. The normalized spacial score (nSPS) is 17.4. The first kappa shape index (κ1) is 10.1. The van der Waals surface area contributed by atoms with Crippen LogP contribution in [0.4, 0.5) is 4.79 Å². The molecule has 2 amide bonds. The fourth-order valence-corrected chi connectivity index (χ4v) is 1.65. The van der Waals surface area contributed by atoms with Crippen LogP contribution < -0.4 is 11.1 Å². The average Bonchev–Trinajstić information content (AvgIpc) is 2.32. The monoisotopic (exact) mass is 182 g/mol. The lowest BCUT2D eigenvalue weighted by atomic mass is 10.1.